The summed E-state index contributed by atoms with van der Waals surface area (Å²) in [5.41, 5.74) is 0. The Balaban J connectivity index is 6.47. The maximum atomic E-state index is 11.9. The Morgan fingerprint density at radius 3 is 1.21 bits per heavy atom. The van der Waals surface area contributed by atoms with Crippen molar-refractivity contribution in [3.05, 3.63) is 12.2 Å². The van der Waals surface area contributed by atoms with Crippen LogP contribution in [-0.2, 0) is 21.9 Å². The van der Waals surface area contributed by atoms with Crippen molar-refractivity contribution in [3.63, 3.8) is 0 Å². The minimum absolute atomic E-state index is 0.282. The first kappa shape index (κ1) is 34.0. The predicted molar refractivity (Wildman–Crippen MR) is 156 cm³/mol. The zero-order valence-corrected chi connectivity index (χ0v) is 28.2. The molecule has 0 aliphatic carbocycles. The summed E-state index contributed by atoms with van der Waals surface area (Å²) in [7, 11) is -8.96. The van der Waals surface area contributed by atoms with E-state index in [2.05, 4.69) is 62.3 Å². The maximum absolute atomic E-state index is 11.9. The molecular formula is C25H56O5Si4. The lowest BCUT2D eigenvalue weighted by Crippen LogP contribution is -2.64. The number of carbonyl (C=O) groups excluding carboxylic acids is 1. The molecule has 0 aliphatic heterocycles. The van der Waals surface area contributed by atoms with E-state index in [-0.39, 0.29) is 5.97 Å². The molecule has 202 valence electrons. The van der Waals surface area contributed by atoms with Gasteiger partial charge in [0.05, 0.1) is 6.61 Å². The van der Waals surface area contributed by atoms with Gasteiger partial charge >= 0.3 is 14.8 Å². The molecule has 0 aromatic carbocycles. The van der Waals surface area contributed by atoms with E-state index >= 15 is 0 Å². The van der Waals surface area contributed by atoms with Gasteiger partial charge in [-0.25, -0.2) is 4.79 Å². The number of rotatable bonds is 20. The molecule has 0 aromatic rings. The van der Waals surface area contributed by atoms with E-state index in [4.69, 9.17) is 17.1 Å². The van der Waals surface area contributed by atoms with Crippen LogP contribution in [0.3, 0.4) is 0 Å². The molecule has 9 heteroatoms. The Morgan fingerprint density at radius 1 is 0.618 bits per heavy atom. The largest absolute Gasteiger partial charge is 0.469 e. The summed E-state index contributed by atoms with van der Waals surface area (Å²) < 4.78 is 27.7. The van der Waals surface area contributed by atoms with Crippen LogP contribution < -0.4 is 0 Å². The van der Waals surface area contributed by atoms with Crippen LogP contribution in [-0.4, -0.2) is 46.3 Å². The fourth-order valence-corrected chi connectivity index (χ4v) is 25.8. The minimum atomic E-state index is -3.01. The van der Waals surface area contributed by atoms with Gasteiger partial charge in [-0.15, -0.1) is 0 Å². The molecule has 0 atom stereocenters. The summed E-state index contributed by atoms with van der Waals surface area (Å²) in [5, 5.41) is 0. The topological polar surface area (TPSA) is 54.0 Å². The van der Waals surface area contributed by atoms with Crippen LogP contribution in [0.2, 0.25) is 60.4 Å². The second-order valence-corrected chi connectivity index (χ2v) is 27.3. The van der Waals surface area contributed by atoms with E-state index < -0.39 is 33.8 Å². The minimum Gasteiger partial charge on any atom is -0.463 e. The molecule has 5 nitrogen and oxygen atoms in total. The fraction of sp³-hybridized carbons (Fsp3) is 0.880. The van der Waals surface area contributed by atoms with Crippen LogP contribution in [0.5, 0.6) is 0 Å². The Hall–Kier alpha value is -0.0425. The highest BCUT2D eigenvalue weighted by atomic mass is 28.5. The third-order valence-corrected chi connectivity index (χ3v) is 29.6. The second kappa shape index (κ2) is 16.7. The third kappa shape index (κ3) is 9.78. The molecule has 0 heterocycles. The Bertz CT molecular complexity index is 508. The first-order valence-electron chi connectivity index (χ1n) is 14.0. The Kier molecular flexibility index (Phi) is 16.6. The maximum Gasteiger partial charge on any atom is 0.469 e. The van der Waals surface area contributed by atoms with Gasteiger partial charge in [0.1, 0.15) is 0 Å². The van der Waals surface area contributed by atoms with Crippen LogP contribution in [0.15, 0.2) is 12.2 Å². The van der Waals surface area contributed by atoms with Crippen molar-refractivity contribution >= 4 is 39.7 Å². The lowest BCUT2D eigenvalue weighted by atomic mass is 10.5. The van der Waals surface area contributed by atoms with Gasteiger partial charge in [-0.3, -0.25) is 0 Å². The summed E-state index contributed by atoms with van der Waals surface area (Å²) in [6.45, 7) is 22.8. The monoisotopic (exact) mass is 548 g/mol. The molecule has 0 fully saturated rings. The predicted octanol–water partition coefficient (Wildman–Crippen LogP) is 8.50. The molecular weight excluding hydrogens is 493 g/mol. The van der Waals surface area contributed by atoms with Crippen molar-refractivity contribution in [1.29, 1.82) is 0 Å². The molecule has 0 amide bonds. The van der Waals surface area contributed by atoms with Gasteiger partial charge in [-0.2, -0.15) is 0 Å². The van der Waals surface area contributed by atoms with Crippen LogP contribution in [0.4, 0.5) is 0 Å². The average molecular weight is 549 g/mol. The van der Waals surface area contributed by atoms with E-state index in [1.807, 2.05) is 6.92 Å². The lowest BCUT2D eigenvalue weighted by molar-refractivity contribution is -0.137. The Labute approximate surface area is 216 Å². The molecule has 0 aromatic heterocycles. The third-order valence-electron chi connectivity index (χ3n) is 8.09. The van der Waals surface area contributed by atoms with Crippen LogP contribution >= 0.6 is 0 Å². The van der Waals surface area contributed by atoms with E-state index in [1.165, 1.54) is 6.08 Å². The van der Waals surface area contributed by atoms with Crippen molar-refractivity contribution in [2.75, 3.05) is 6.61 Å². The van der Waals surface area contributed by atoms with E-state index in [1.54, 1.807) is 6.08 Å². The highest BCUT2D eigenvalue weighted by molar-refractivity contribution is 6.92. The highest BCUT2D eigenvalue weighted by Crippen LogP contribution is 2.39. The molecule has 0 saturated carbocycles. The summed E-state index contributed by atoms with van der Waals surface area (Å²) in [4.78, 5) is 11.9. The van der Waals surface area contributed by atoms with E-state index in [0.29, 0.717) is 6.61 Å². The zero-order chi connectivity index (χ0) is 26.3. The Morgan fingerprint density at radius 2 is 0.941 bits per heavy atom. The fourth-order valence-electron chi connectivity index (χ4n) is 4.75. The van der Waals surface area contributed by atoms with Crippen molar-refractivity contribution < 1.29 is 21.9 Å². The van der Waals surface area contributed by atoms with Gasteiger partial charge in [0.2, 0.25) is 0 Å². The number of hydrogen-bond acceptors (Lipinski definition) is 5. The normalized spacial score (nSPS) is 13.6. The van der Waals surface area contributed by atoms with Gasteiger partial charge < -0.3 is 17.1 Å². The average Bonchev–Trinajstić information content (AvgIpc) is 2.87. The smallest absolute Gasteiger partial charge is 0.463 e. The van der Waals surface area contributed by atoms with E-state index in [0.717, 1.165) is 66.9 Å². The van der Waals surface area contributed by atoms with E-state index in [9.17, 15) is 4.79 Å². The molecule has 34 heavy (non-hydrogen) atoms. The van der Waals surface area contributed by atoms with Crippen molar-refractivity contribution in [2.24, 2.45) is 0 Å². The number of allylic oxidation sites excluding steroid dienone is 1. The number of ether oxygens (including phenoxy) is 1. The van der Waals surface area contributed by atoms with Crippen LogP contribution in [0.1, 0.15) is 75.7 Å². The first-order valence-corrected chi connectivity index (χ1v) is 23.5. The van der Waals surface area contributed by atoms with Crippen molar-refractivity contribution in [2.45, 2.75) is 136 Å². The number of carbonyl (C=O) groups is 1. The van der Waals surface area contributed by atoms with Gasteiger partial charge in [-0.1, -0.05) is 68.4 Å². The molecule has 0 N–H and O–H groups in total. The molecule has 0 rings (SSSR count). The molecule has 0 aliphatic rings. The quantitative estimate of drug-likeness (QED) is 0.0660. The molecule has 0 spiro atoms. The van der Waals surface area contributed by atoms with Gasteiger partial charge in [0.15, 0.2) is 25.0 Å². The SMILES string of the molecule is CC=CC(=O)OCCC[Si](O[Si](CC)(CC)CC)(O[Si](CC)(CC)CC)O[Si](CC)(CC)CC. The number of hydrogen-bond donors (Lipinski definition) is 0. The first-order chi connectivity index (χ1) is 16.1. The van der Waals surface area contributed by atoms with Crippen LogP contribution in [0, 0.1) is 0 Å². The highest BCUT2D eigenvalue weighted by Gasteiger charge is 2.54. The summed E-state index contributed by atoms with van der Waals surface area (Å²) in [5.74, 6) is -0.282. The summed E-state index contributed by atoms with van der Waals surface area (Å²) >= 11 is 0. The zero-order valence-electron chi connectivity index (χ0n) is 24.2. The second-order valence-electron chi connectivity index (χ2n) is 9.49. The molecule has 0 unspecified atom stereocenters. The number of esters is 1. The molecule has 0 radical (unpaired) electrons. The van der Waals surface area contributed by atoms with Crippen LogP contribution in [0.25, 0.3) is 0 Å². The molecule has 0 saturated heterocycles. The standard InChI is InChI=1S/C25H56O5Si4/c1-11-22-25(26)27-23-21-24-34(28-31(12-2,13-3)14-4,29-32(15-5,16-6)17-7)30-33(18-8,19-9)20-10/h11,22H,12-21,23-24H2,1-10H3. The summed E-state index contributed by atoms with van der Waals surface area (Å²) in [6, 6.07) is 10.5. The van der Waals surface area contributed by atoms with Gasteiger partial charge in [-0.05, 0) is 67.7 Å². The van der Waals surface area contributed by atoms with Gasteiger partial charge in [0, 0.05) is 12.1 Å². The molecule has 0 bridgehead atoms. The summed E-state index contributed by atoms with van der Waals surface area (Å²) in [6.07, 6.45) is 3.91. The van der Waals surface area contributed by atoms with Gasteiger partial charge in [0.25, 0.3) is 0 Å². The van der Waals surface area contributed by atoms with Crippen molar-refractivity contribution in [1.82, 2.24) is 0 Å². The lowest BCUT2D eigenvalue weighted by Gasteiger charge is -2.48. The van der Waals surface area contributed by atoms with Crippen molar-refractivity contribution in [3.8, 4) is 0 Å².